The zero-order chi connectivity index (χ0) is 16.4. The molecule has 1 aliphatic heterocycles. The standard InChI is InChI=1S/C15H28N2O2SSi/c1-8-9-16-14(20)17-10-12(13(17)18)11(2)19-21(6,7)15(3,4)5/h8,11-12H,1,9-10H2,2-7H3,(H,16,20)/t11-,12+/m1/s1. The molecule has 0 saturated carbocycles. The van der Waals surface area contributed by atoms with E-state index in [1.807, 2.05) is 6.92 Å². The summed E-state index contributed by atoms with van der Waals surface area (Å²) in [5.74, 6) is -0.0228. The minimum atomic E-state index is -1.85. The fraction of sp³-hybridized carbons (Fsp3) is 0.733. The molecule has 120 valence electrons. The minimum Gasteiger partial charge on any atom is -0.413 e. The van der Waals surface area contributed by atoms with Crippen LogP contribution in [-0.4, -0.2) is 43.4 Å². The number of hydrogen-bond donors (Lipinski definition) is 1. The van der Waals surface area contributed by atoms with Crippen molar-refractivity contribution in [2.45, 2.75) is 51.9 Å². The largest absolute Gasteiger partial charge is 0.413 e. The zero-order valence-electron chi connectivity index (χ0n) is 14.0. The lowest BCUT2D eigenvalue weighted by molar-refractivity contribution is -0.146. The summed E-state index contributed by atoms with van der Waals surface area (Å²) >= 11 is 5.19. The highest BCUT2D eigenvalue weighted by Gasteiger charge is 2.46. The normalized spacial score (nSPS) is 20.8. The van der Waals surface area contributed by atoms with Crippen molar-refractivity contribution < 1.29 is 9.22 Å². The lowest BCUT2D eigenvalue weighted by Crippen LogP contribution is -2.62. The quantitative estimate of drug-likeness (QED) is 0.365. The van der Waals surface area contributed by atoms with Gasteiger partial charge in [0.2, 0.25) is 5.91 Å². The maximum absolute atomic E-state index is 12.3. The van der Waals surface area contributed by atoms with Crippen LogP contribution in [0.2, 0.25) is 18.1 Å². The van der Waals surface area contributed by atoms with Crippen LogP contribution in [0.15, 0.2) is 12.7 Å². The number of likely N-dealkylation sites (tertiary alicyclic amines) is 1. The van der Waals surface area contributed by atoms with Gasteiger partial charge in [0, 0.05) is 13.1 Å². The van der Waals surface area contributed by atoms with Gasteiger partial charge in [-0.15, -0.1) is 6.58 Å². The lowest BCUT2D eigenvalue weighted by Gasteiger charge is -2.45. The molecule has 0 bridgehead atoms. The van der Waals surface area contributed by atoms with Crippen LogP contribution in [0.5, 0.6) is 0 Å². The Balaban J connectivity index is 2.56. The van der Waals surface area contributed by atoms with Gasteiger partial charge in [0.05, 0.1) is 12.0 Å². The summed E-state index contributed by atoms with van der Waals surface area (Å²) < 4.78 is 6.30. The molecule has 0 radical (unpaired) electrons. The molecule has 1 rings (SSSR count). The van der Waals surface area contributed by atoms with E-state index >= 15 is 0 Å². The third-order valence-corrected chi connectivity index (χ3v) is 9.40. The summed E-state index contributed by atoms with van der Waals surface area (Å²) in [5, 5.41) is 3.61. The van der Waals surface area contributed by atoms with Crippen LogP contribution >= 0.6 is 12.2 Å². The molecular formula is C15H28N2O2SSi. The van der Waals surface area contributed by atoms with E-state index in [1.54, 1.807) is 11.0 Å². The van der Waals surface area contributed by atoms with Gasteiger partial charge >= 0.3 is 0 Å². The Labute approximate surface area is 135 Å². The van der Waals surface area contributed by atoms with Gasteiger partial charge in [0.1, 0.15) is 0 Å². The molecule has 0 spiro atoms. The molecule has 0 aromatic rings. The average Bonchev–Trinajstić information content (AvgIpc) is 2.32. The zero-order valence-corrected chi connectivity index (χ0v) is 15.8. The summed E-state index contributed by atoms with van der Waals surface area (Å²) in [6, 6.07) is 0. The average molecular weight is 329 g/mol. The molecule has 1 saturated heterocycles. The van der Waals surface area contributed by atoms with Crippen molar-refractivity contribution in [3.63, 3.8) is 0 Å². The molecule has 1 fully saturated rings. The Morgan fingerprint density at radius 1 is 1.62 bits per heavy atom. The molecule has 1 heterocycles. The molecule has 0 aliphatic carbocycles. The first-order chi connectivity index (χ1) is 9.51. The molecule has 0 aromatic heterocycles. The van der Waals surface area contributed by atoms with Crippen LogP contribution in [0, 0.1) is 5.92 Å². The van der Waals surface area contributed by atoms with Crippen molar-refractivity contribution in [1.82, 2.24) is 10.2 Å². The third kappa shape index (κ3) is 4.14. The summed E-state index contributed by atoms with van der Waals surface area (Å²) in [4.78, 5) is 13.9. The topological polar surface area (TPSA) is 41.6 Å². The molecule has 0 aromatic carbocycles. The fourth-order valence-electron chi connectivity index (χ4n) is 1.96. The van der Waals surface area contributed by atoms with Gasteiger partial charge in [-0.3, -0.25) is 9.69 Å². The van der Waals surface area contributed by atoms with Crippen LogP contribution in [0.25, 0.3) is 0 Å². The van der Waals surface area contributed by atoms with Crippen LogP contribution in [0.4, 0.5) is 0 Å². The first kappa shape index (κ1) is 18.3. The van der Waals surface area contributed by atoms with Crippen molar-refractivity contribution >= 4 is 31.6 Å². The molecule has 6 heteroatoms. The second-order valence-electron chi connectivity index (χ2n) is 7.11. The highest BCUT2D eigenvalue weighted by molar-refractivity contribution is 7.80. The Hall–Kier alpha value is -0.723. The first-order valence-electron chi connectivity index (χ1n) is 7.39. The van der Waals surface area contributed by atoms with Crippen molar-refractivity contribution in [2.24, 2.45) is 5.92 Å². The Bertz CT molecular complexity index is 432. The second kappa shape index (κ2) is 6.58. The molecule has 1 N–H and O–H groups in total. The monoisotopic (exact) mass is 328 g/mol. The SMILES string of the molecule is C=CCNC(=S)N1C[C@@H]([C@@H](C)O[Si](C)(C)C(C)(C)C)C1=O. The first-order valence-corrected chi connectivity index (χ1v) is 10.7. The number of nitrogens with one attached hydrogen (secondary N) is 1. The Morgan fingerprint density at radius 3 is 2.62 bits per heavy atom. The van der Waals surface area contributed by atoms with Gasteiger partial charge in [-0.05, 0) is 37.3 Å². The highest BCUT2D eigenvalue weighted by atomic mass is 32.1. The van der Waals surface area contributed by atoms with Crippen LogP contribution in [-0.2, 0) is 9.22 Å². The fourth-order valence-corrected chi connectivity index (χ4v) is 3.66. The van der Waals surface area contributed by atoms with Gasteiger partial charge in [-0.25, -0.2) is 0 Å². The molecule has 21 heavy (non-hydrogen) atoms. The van der Waals surface area contributed by atoms with E-state index in [-0.39, 0.29) is 23.0 Å². The van der Waals surface area contributed by atoms with E-state index in [4.69, 9.17) is 16.6 Å². The van der Waals surface area contributed by atoms with E-state index in [0.717, 1.165) is 0 Å². The van der Waals surface area contributed by atoms with E-state index in [1.165, 1.54) is 0 Å². The predicted octanol–water partition coefficient (Wildman–Crippen LogP) is 2.92. The van der Waals surface area contributed by atoms with Gasteiger partial charge in [-0.2, -0.15) is 0 Å². The highest BCUT2D eigenvalue weighted by Crippen LogP contribution is 2.39. The smallest absolute Gasteiger partial charge is 0.236 e. The molecular weight excluding hydrogens is 300 g/mol. The van der Waals surface area contributed by atoms with Gasteiger partial charge < -0.3 is 9.74 Å². The second-order valence-corrected chi connectivity index (χ2v) is 12.3. The van der Waals surface area contributed by atoms with Gasteiger partial charge in [0.25, 0.3) is 0 Å². The molecule has 2 atom stereocenters. The number of carbonyl (C=O) groups excluding carboxylic acids is 1. The Kier molecular flexibility index (Phi) is 5.74. The lowest BCUT2D eigenvalue weighted by atomic mass is 9.94. The molecule has 1 amide bonds. The predicted molar refractivity (Wildman–Crippen MR) is 93.7 cm³/mol. The van der Waals surface area contributed by atoms with E-state index < -0.39 is 8.32 Å². The van der Waals surface area contributed by atoms with E-state index in [0.29, 0.717) is 18.2 Å². The number of rotatable bonds is 5. The summed E-state index contributed by atoms with van der Waals surface area (Å²) in [6.07, 6.45) is 1.66. The van der Waals surface area contributed by atoms with Gasteiger partial charge in [0.15, 0.2) is 13.4 Å². The van der Waals surface area contributed by atoms with Crippen LogP contribution < -0.4 is 5.32 Å². The van der Waals surface area contributed by atoms with Crippen molar-refractivity contribution in [3.05, 3.63) is 12.7 Å². The molecule has 4 nitrogen and oxygen atoms in total. The van der Waals surface area contributed by atoms with Crippen LogP contribution in [0.3, 0.4) is 0 Å². The number of hydrogen-bond acceptors (Lipinski definition) is 3. The number of amides is 1. The Morgan fingerprint density at radius 2 is 2.19 bits per heavy atom. The maximum atomic E-state index is 12.3. The number of carbonyl (C=O) groups is 1. The summed E-state index contributed by atoms with van der Waals surface area (Å²) in [7, 11) is -1.85. The molecule has 1 aliphatic rings. The number of nitrogens with zero attached hydrogens (tertiary/aromatic N) is 1. The minimum absolute atomic E-state index is 0.0581. The molecule has 0 unspecified atom stereocenters. The van der Waals surface area contributed by atoms with Gasteiger partial charge in [-0.1, -0.05) is 26.8 Å². The third-order valence-electron chi connectivity index (χ3n) is 4.46. The van der Waals surface area contributed by atoms with Crippen LogP contribution in [0.1, 0.15) is 27.7 Å². The van der Waals surface area contributed by atoms with Crippen molar-refractivity contribution in [1.29, 1.82) is 0 Å². The number of thiocarbonyl (C=S) groups is 1. The number of β-lactam (4-membered cyclic amide) rings is 1. The summed E-state index contributed by atoms with van der Waals surface area (Å²) in [5.41, 5.74) is 0. The van der Waals surface area contributed by atoms with E-state index in [2.05, 4.69) is 45.8 Å². The summed E-state index contributed by atoms with van der Waals surface area (Å²) in [6.45, 7) is 17.9. The van der Waals surface area contributed by atoms with Crippen molar-refractivity contribution in [3.8, 4) is 0 Å². The maximum Gasteiger partial charge on any atom is 0.236 e. The van der Waals surface area contributed by atoms with Crippen molar-refractivity contribution in [2.75, 3.05) is 13.1 Å². The van der Waals surface area contributed by atoms with E-state index in [9.17, 15) is 4.79 Å².